The summed E-state index contributed by atoms with van der Waals surface area (Å²) in [5, 5.41) is 2.67. The normalized spacial score (nSPS) is 11.6. The molecule has 19 heavy (non-hydrogen) atoms. The molecule has 1 N–H and O–H groups in total. The highest BCUT2D eigenvalue weighted by atomic mass is 32.1. The highest BCUT2D eigenvalue weighted by Crippen LogP contribution is 2.09. The van der Waals surface area contributed by atoms with E-state index in [-0.39, 0.29) is 0 Å². The Hall–Kier alpha value is -1.42. The molecule has 4 heteroatoms. The number of ether oxygens (including phenoxy) is 1. The summed E-state index contributed by atoms with van der Waals surface area (Å²) in [6.07, 6.45) is 3.45. The molecule has 0 aromatic heterocycles. The van der Waals surface area contributed by atoms with Crippen molar-refractivity contribution in [2.45, 2.75) is 32.1 Å². The number of nitrogens with one attached hydrogen (secondary N) is 1. The second kappa shape index (κ2) is 7.24. The monoisotopic (exact) mass is 279 g/mol. The van der Waals surface area contributed by atoms with Crippen molar-refractivity contribution in [1.82, 2.24) is 5.32 Å². The van der Waals surface area contributed by atoms with Crippen molar-refractivity contribution >= 4 is 24.8 Å². The van der Waals surface area contributed by atoms with E-state index >= 15 is 0 Å². The van der Waals surface area contributed by atoms with E-state index in [4.69, 9.17) is 4.74 Å². The average Bonchev–Trinajstić information content (AvgIpc) is 2.33. The lowest BCUT2D eigenvalue weighted by molar-refractivity contribution is 0.0534. The number of benzene rings is 1. The number of carbonyl (C=O) groups excluding carboxylic acids is 1. The highest BCUT2D eigenvalue weighted by molar-refractivity contribution is 7.79. The SMILES string of the molecule is CC(C)(C)OC(=O)NCC=Cc1cccc(CS)c1. The van der Waals surface area contributed by atoms with E-state index in [0.29, 0.717) is 6.54 Å². The smallest absolute Gasteiger partial charge is 0.407 e. The first-order valence-corrected chi connectivity index (χ1v) is 6.87. The Bertz CT molecular complexity index is 450. The molecule has 0 heterocycles. The molecule has 0 bridgehead atoms. The fraction of sp³-hybridized carbons (Fsp3) is 0.400. The zero-order chi connectivity index (χ0) is 14.3. The van der Waals surface area contributed by atoms with Crippen LogP contribution in [0.1, 0.15) is 31.9 Å². The lowest BCUT2D eigenvalue weighted by Crippen LogP contribution is -2.32. The van der Waals surface area contributed by atoms with E-state index in [1.807, 2.05) is 51.1 Å². The van der Waals surface area contributed by atoms with Crippen LogP contribution in [0.15, 0.2) is 30.3 Å². The second-order valence-corrected chi connectivity index (χ2v) is 5.50. The van der Waals surface area contributed by atoms with Crippen molar-refractivity contribution in [3.63, 3.8) is 0 Å². The van der Waals surface area contributed by atoms with E-state index in [2.05, 4.69) is 24.0 Å². The topological polar surface area (TPSA) is 38.3 Å². The molecule has 1 aromatic carbocycles. The molecule has 0 atom stereocenters. The van der Waals surface area contributed by atoms with Gasteiger partial charge in [-0.3, -0.25) is 0 Å². The molecule has 1 amide bonds. The summed E-state index contributed by atoms with van der Waals surface area (Å²) in [5.74, 6) is 0.720. The van der Waals surface area contributed by atoms with Gasteiger partial charge in [-0.25, -0.2) is 4.79 Å². The summed E-state index contributed by atoms with van der Waals surface area (Å²) in [4.78, 5) is 11.4. The minimum absolute atomic E-state index is 0.402. The first kappa shape index (κ1) is 15.6. The highest BCUT2D eigenvalue weighted by Gasteiger charge is 2.14. The molecule has 3 nitrogen and oxygen atoms in total. The fourth-order valence-electron chi connectivity index (χ4n) is 1.45. The Morgan fingerprint density at radius 2 is 2.16 bits per heavy atom. The van der Waals surface area contributed by atoms with Crippen LogP contribution in [0, 0.1) is 0 Å². The van der Waals surface area contributed by atoms with E-state index in [1.54, 1.807) is 0 Å². The zero-order valence-electron chi connectivity index (χ0n) is 11.6. The summed E-state index contributed by atoms with van der Waals surface area (Å²) in [7, 11) is 0. The fourth-order valence-corrected chi connectivity index (χ4v) is 1.64. The summed E-state index contributed by atoms with van der Waals surface area (Å²) in [6.45, 7) is 5.96. The van der Waals surface area contributed by atoms with E-state index in [1.165, 1.54) is 5.56 Å². The van der Waals surface area contributed by atoms with Crippen molar-refractivity contribution in [3.05, 3.63) is 41.5 Å². The molecule has 0 unspecified atom stereocenters. The van der Waals surface area contributed by atoms with Gasteiger partial charge in [0.2, 0.25) is 0 Å². The number of rotatable bonds is 4. The summed E-state index contributed by atoms with van der Waals surface area (Å²) in [6, 6.07) is 8.10. The van der Waals surface area contributed by atoms with Gasteiger partial charge in [-0.1, -0.05) is 36.4 Å². The third kappa shape index (κ3) is 6.91. The van der Waals surface area contributed by atoms with Crippen molar-refractivity contribution < 1.29 is 9.53 Å². The first-order valence-electron chi connectivity index (χ1n) is 6.24. The molecule has 1 aromatic rings. The Morgan fingerprint density at radius 3 is 2.79 bits per heavy atom. The predicted molar refractivity (Wildman–Crippen MR) is 82.4 cm³/mol. The van der Waals surface area contributed by atoms with Gasteiger partial charge >= 0.3 is 6.09 Å². The van der Waals surface area contributed by atoms with Crippen LogP contribution >= 0.6 is 12.6 Å². The molecule has 0 saturated heterocycles. The molecule has 0 aliphatic heterocycles. The molecule has 0 aliphatic carbocycles. The van der Waals surface area contributed by atoms with Gasteiger partial charge in [0.1, 0.15) is 5.60 Å². The summed E-state index contributed by atoms with van der Waals surface area (Å²) in [5.41, 5.74) is 1.80. The molecule has 1 rings (SSSR count). The number of thiol groups is 1. The quantitative estimate of drug-likeness (QED) is 0.826. The third-order valence-electron chi connectivity index (χ3n) is 2.21. The van der Waals surface area contributed by atoms with Crippen LogP contribution in [0.25, 0.3) is 6.08 Å². The maximum Gasteiger partial charge on any atom is 0.407 e. The maximum atomic E-state index is 11.4. The first-order chi connectivity index (χ1) is 8.90. The number of amides is 1. The van der Waals surface area contributed by atoms with Gasteiger partial charge in [-0.2, -0.15) is 12.6 Å². The van der Waals surface area contributed by atoms with Crippen molar-refractivity contribution in [2.24, 2.45) is 0 Å². The van der Waals surface area contributed by atoms with Crippen molar-refractivity contribution in [2.75, 3.05) is 6.54 Å². The van der Waals surface area contributed by atoms with E-state index in [9.17, 15) is 4.79 Å². The zero-order valence-corrected chi connectivity index (χ0v) is 12.5. The number of carbonyl (C=O) groups is 1. The van der Waals surface area contributed by atoms with Crippen LogP contribution in [0.5, 0.6) is 0 Å². The van der Waals surface area contributed by atoms with Crippen LogP contribution in [-0.2, 0) is 10.5 Å². The van der Waals surface area contributed by atoms with Crippen LogP contribution in [-0.4, -0.2) is 18.2 Å². The Kier molecular flexibility index (Phi) is 5.96. The Morgan fingerprint density at radius 1 is 1.42 bits per heavy atom. The van der Waals surface area contributed by atoms with Crippen molar-refractivity contribution in [1.29, 1.82) is 0 Å². The number of alkyl carbamates (subject to hydrolysis) is 1. The largest absolute Gasteiger partial charge is 0.444 e. The molecular formula is C15H21NO2S. The molecule has 0 saturated carbocycles. The van der Waals surface area contributed by atoms with Gasteiger partial charge in [0.15, 0.2) is 0 Å². The molecule has 0 fully saturated rings. The summed E-state index contributed by atoms with van der Waals surface area (Å²) >= 11 is 4.24. The van der Waals surface area contributed by atoms with Gasteiger partial charge in [-0.15, -0.1) is 0 Å². The van der Waals surface area contributed by atoms with E-state index in [0.717, 1.165) is 11.3 Å². The molecule has 0 spiro atoms. The Balaban J connectivity index is 2.40. The maximum absolute atomic E-state index is 11.4. The minimum atomic E-state index is -0.464. The molecule has 0 aliphatic rings. The van der Waals surface area contributed by atoms with Crippen LogP contribution < -0.4 is 5.32 Å². The standard InChI is InChI=1S/C15H21NO2S/c1-15(2,3)18-14(17)16-9-5-8-12-6-4-7-13(10-12)11-19/h4-8,10,19H,9,11H2,1-3H3,(H,16,17). The minimum Gasteiger partial charge on any atom is -0.444 e. The lowest BCUT2D eigenvalue weighted by Gasteiger charge is -2.19. The van der Waals surface area contributed by atoms with Crippen LogP contribution in [0.2, 0.25) is 0 Å². The van der Waals surface area contributed by atoms with Crippen molar-refractivity contribution in [3.8, 4) is 0 Å². The van der Waals surface area contributed by atoms with Gasteiger partial charge in [0.25, 0.3) is 0 Å². The third-order valence-corrected chi connectivity index (χ3v) is 2.57. The van der Waals surface area contributed by atoms with Crippen LogP contribution in [0.4, 0.5) is 4.79 Å². The van der Waals surface area contributed by atoms with E-state index < -0.39 is 11.7 Å². The lowest BCUT2D eigenvalue weighted by atomic mass is 10.1. The van der Waals surface area contributed by atoms with Crippen LogP contribution in [0.3, 0.4) is 0 Å². The summed E-state index contributed by atoms with van der Waals surface area (Å²) < 4.78 is 5.13. The van der Waals surface area contributed by atoms with Gasteiger partial charge in [0, 0.05) is 12.3 Å². The Labute approximate surface area is 120 Å². The second-order valence-electron chi connectivity index (χ2n) is 5.19. The number of hydrogen-bond acceptors (Lipinski definition) is 3. The van der Waals surface area contributed by atoms with Gasteiger partial charge < -0.3 is 10.1 Å². The predicted octanol–water partition coefficient (Wildman–Crippen LogP) is 3.65. The van der Waals surface area contributed by atoms with Gasteiger partial charge in [-0.05, 0) is 31.9 Å². The molecule has 0 radical (unpaired) electrons. The molecule has 104 valence electrons. The number of hydrogen-bond donors (Lipinski definition) is 2. The average molecular weight is 279 g/mol. The van der Waals surface area contributed by atoms with Gasteiger partial charge in [0.05, 0.1) is 0 Å². The molecular weight excluding hydrogens is 258 g/mol.